The van der Waals surface area contributed by atoms with Gasteiger partial charge in [0, 0.05) is 4.47 Å². The van der Waals surface area contributed by atoms with E-state index in [4.69, 9.17) is 0 Å². The molecule has 0 spiro atoms. The van der Waals surface area contributed by atoms with Crippen LogP contribution in [0.5, 0.6) is 0 Å². The van der Waals surface area contributed by atoms with E-state index in [2.05, 4.69) is 39.6 Å². The van der Waals surface area contributed by atoms with Crippen LogP contribution in [-0.4, -0.2) is 19.0 Å². The first-order valence-corrected chi connectivity index (χ1v) is 8.12. The summed E-state index contributed by atoms with van der Waals surface area (Å²) in [5, 5.41) is 15.5. The zero-order valence-corrected chi connectivity index (χ0v) is 13.8. The number of hydrogen-bond donors (Lipinski definition) is 2. The fraction of sp³-hybridized carbons (Fsp3) is 0.500. The molecule has 2 rings (SSSR count). The van der Waals surface area contributed by atoms with Crippen LogP contribution in [0.2, 0.25) is 0 Å². The molecule has 0 saturated carbocycles. The number of carbonyl (C=O) groups is 1. The molecule has 1 aliphatic rings. The molecule has 0 aliphatic carbocycles. The summed E-state index contributed by atoms with van der Waals surface area (Å²) in [6, 6.07) is 7.44. The number of nitrogens with one attached hydrogen (secondary N) is 2. The Bertz CT molecular complexity index is 554. The minimum Gasteiger partial charge on any atom is -0.324 e. The molecule has 112 valence electrons. The zero-order valence-electron chi connectivity index (χ0n) is 12.2. The van der Waals surface area contributed by atoms with Gasteiger partial charge in [-0.25, -0.2) is 0 Å². The highest BCUT2D eigenvalue weighted by atomic mass is 79.9. The lowest BCUT2D eigenvalue weighted by Crippen LogP contribution is -2.45. The summed E-state index contributed by atoms with van der Waals surface area (Å²) in [7, 11) is 0. The normalized spacial score (nSPS) is 17.0. The van der Waals surface area contributed by atoms with Gasteiger partial charge < -0.3 is 10.6 Å². The Balaban J connectivity index is 2.23. The molecule has 5 heteroatoms. The lowest BCUT2D eigenvalue weighted by Gasteiger charge is -2.36. The summed E-state index contributed by atoms with van der Waals surface area (Å²) in [5.74, 6) is 0.0421. The second-order valence-electron chi connectivity index (χ2n) is 5.54. The molecule has 1 aromatic carbocycles. The molecule has 1 aliphatic heterocycles. The van der Waals surface area contributed by atoms with Crippen molar-refractivity contribution in [2.75, 3.05) is 18.4 Å². The molecule has 0 bridgehead atoms. The number of benzene rings is 1. The molecule has 1 fully saturated rings. The van der Waals surface area contributed by atoms with Crippen molar-refractivity contribution in [1.29, 1.82) is 5.26 Å². The van der Waals surface area contributed by atoms with Crippen LogP contribution in [0.3, 0.4) is 0 Å². The van der Waals surface area contributed by atoms with E-state index < -0.39 is 0 Å². The van der Waals surface area contributed by atoms with E-state index in [9.17, 15) is 10.1 Å². The van der Waals surface area contributed by atoms with Crippen molar-refractivity contribution in [1.82, 2.24) is 5.32 Å². The Morgan fingerprint density at radius 3 is 2.81 bits per heavy atom. The zero-order chi connectivity index (χ0) is 15.3. The maximum atomic E-state index is 12.8. The Labute approximate surface area is 134 Å². The van der Waals surface area contributed by atoms with Gasteiger partial charge in [-0.15, -0.1) is 0 Å². The van der Waals surface area contributed by atoms with Crippen LogP contribution in [0.4, 0.5) is 5.69 Å². The minimum atomic E-state index is -0.310. The van der Waals surface area contributed by atoms with E-state index in [0.29, 0.717) is 11.3 Å². The highest BCUT2D eigenvalue weighted by Crippen LogP contribution is 2.36. The van der Waals surface area contributed by atoms with Gasteiger partial charge in [-0.1, -0.05) is 29.3 Å². The van der Waals surface area contributed by atoms with Gasteiger partial charge >= 0.3 is 0 Å². The Morgan fingerprint density at radius 1 is 1.48 bits per heavy atom. The number of nitrogens with zero attached hydrogens (tertiary/aromatic N) is 1. The van der Waals surface area contributed by atoms with Gasteiger partial charge in [-0.2, -0.15) is 5.26 Å². The largest absolute Gasteiger partial charge is 0.324 e. The van der Waals surface area contributed by atoms with Crippen LogP contribution in [0, 0.1) is 16.7 Å². The summed E-state index contributed by atoms with van der Waals surface area (Å²) < 4.78 is 0.853. The number of hydrogen-bond acceptors (Lipinski definition) is 3. The molecule has 2 N–H and O–H groups in total. The quantitative estimate of drug-likeness (QED) is 0.874. The number of amides is 1. The summed E-state index contributed by atoms with van der Waals surface area (Å²) >= 11 is 3.38. The topological polar surface area (TPSA) is 64.9 Å². The molecule has 1 amide bonds. The monoisotopic (exact) mass is 349 g/mol. The molecular weight excluding hydrogens is 330 g/mol. The molecule has 0 radical (unpaired) electrons. The van der Waals surface area contributed by atoms with E-state index in [0.717, 1.165) is 43.2 Å². The van der Waals surface area contributed by atoms with E-state index >= 15 is 0 Å². The second kappa shape index (κ2) is 7.06. The SMILES string of the molecule is CCCC1(C(=O)Nc2cc(Br)ccc2C#N)CCNCC1. The number of halogens is 1. The highest BCUT2D eigenvalue weighted by Gasteiger charge is 2.38. The molecule has 1 heterocycles. The van der Waals surface area contributed by atoms with Crippen LogP contribution in [0.15, 0.2) is 22.7 Å². The molecule has 4 nitrogen and oxygen atoms in total. The fourth-order valence-electron chi connectivity index (χ4n) is 2.95. The number of anilines is 1. The van der Waals surface area contributed by atoms with Gasteiger partial charge in [0.05, 0.1) is 16.7 Å². The average Bonchev–Trinajstić information content (AvgIpc) is 2.49. The summed E-state index contributed by atoms with van der Waals surface area (Å²) in [6.45, 7) is 3.85. The summed E-state index contributed by atoms with van der Waals surface area (Å²) in [4.78, 5) is 12.8. The molecule has 0 aromatic heterocycles. The maximum Gasteiger partial charge on any atom is 0.230 e. The lowest BCUT2D eigenvalue weighted by molar-refractivity contribution is -0.127. The number of nitriles is 1. The van der Waals surface area contributed by atoms with Gasteiger partial charge in [0.1, 0.15) is 6.07 Å². The third kappa shape index (κ3) is 3.63. The Hall–Kier alpha value is -1.38. The number of rotatable bonds is 4. The Kier molecular flexibility index (Phi) is 5.38. The van der Waals surface area contributed by atoms with Crippen molar-refractivity contribution in [2.45, 2.75) is 32.6 Å². The highest BCUT2D eigenvalue weighted by molar-refractivity contribution is 9.10. The summed E-state index contributed by atoms with van der Waals surface area (Å²) in [5.41, 5.74) is 0.771. The van der Waals surface area contributed by atoms with E-state index in [1.165, 1.54) is 0 Å². The standard InChI is InChI=1S/C16H20BrN3O/c1-2-5-16(6-8-19-9-7-16)15(21)20-14-10-13(17)4-3-12(14)11-18/h3-4,10,19H,2,5-9H2,1H3,(H,20,21). The molecule has 21 heavy (non-hydrogen) atoms. The van der Waals surface area contributed by atoms with Gasteiger partial charge in [-0.3, -0.25) is 4.79 Å². The third-order valence-electron chi connectivity index (χ3n) is 4.12. The predicted octanol–water partition coefficient (Wildman–Crippen LogP) is 3.43. The number of carbonyl (C=O) groups excluding carboxylic acids is 1. The van der Waals surface area contributed by atoms with Crippen molar-refractivity contribution in [3.8, 4) is 6.07 Å². The van der Waals surface area contributed by atoms with Crippen LogP contribution in [-0.2, 0) is 4.79 Å². The van der Waals surface area contributed by atoms with Crippen LogP contribution >= 0.6 is 15.9 Å². The first kappa shape index (κ1) is 16.0. The molecular formula is C16H20BrN3O. The lowest BCUT2D eigenvalue weighted by atomic mass is 9.74. The van der Waals surface area contributed by atoms with Crippen molar-refractivity contribution < 1.29 is 4.79 Å². The van der Waals surface area contributed by atoms with Gasteiger partial charge in [0.15, 0.2) is 0 Å². The van der Waals surface area contributed by atoms with Crippen LogP contribution in [0.25, 0.3) is 0 Å². The second-order valence-corrected chi connectivity index (χ2v) is 6.45. The van der Waals surface area contributed by atoms with Crippen molar-refractivity contribution >= 4 is 27.5 Å². The molecule has 0 unspecified atom stereocenters. The average molecular weight is 350 g/mol. The van der Waals surface area contributed by atoms with Crippen molar-refractivity contribution in [3.05, 3.63) is 28.2 Å². The summed E-state index contributed by atoms with van der Waals surface area (Å²) in [6.07, 6.45) is 3.57. The Morgan fingerprint density at radius 2 is 2.19 bits per heavy atom. The predicted molar refractivity (Wildman–Crippen MR) is 86.9 cm³/mol. The van der Waals surface area contributed by atoms with Gasteiger partial charge in [0.25, 0.3) is 0 Å². The molecule has 1 aromatic rings. The van der Waals surface area contributed by atoms with Gasteiger partial charge in [-0.05, 0) is 50.6 Å². The minimum absolute atomic E-state index is 0.0421. The third-order valence-corrected chi connectivity index (χ3v) is 4.61. The maximum absolute atomic E-state index is 12.8. The smallest absolute Gasteiger partial charge is 0.230 e. The molecule has 1 saturated heterocycles. The fourth-order valence-corrected chi connectivity index (χ4v) is 3.31. The molecule has 0 atom stereocenters. The van der Waals surface area contributed by atoms with Crippen molar-refractivity contribution in [3.63, 3.8) is 0 Å². The first-order valence-electron chi connectivity index (χ1n) is 7.33. The number of piperidine rings is 1. The van der Waals surface area contributed by atoms with E-state index in [1.807, 2.05) is 0 Å². The van der Waals surface area contributed by atoms with Crippen LogP contribution in [0.1, 0.15) is 38.2 Å². The first-order chi connectivity index (χ1) is 10.1. The van der Waals surface area contributed by atoms with E-state index in [-0.39, 0.29) is 11.3 Å². The van der Waals surface area contributed by atoms with E-state index in [1.54, 1.807) is 18.2 Å². The van der Waals surface area contributed by atoms with Gasteiger partial charge in [0.2, 0.25) is 5.91 Å². The van der Waals surface area contributed by atoms with Crippen LogP contribution < -0.4 is 10.6 Å². The van der Waals surface area contributed by atoms with Crippen molar-refractivity contribution in [2.24, 2.45) is 5.41 Å².